The standard InChI is InChI=1S/C14H20FNO2/c1-3-12(14(17)18)10-16(2)9-8-11-4-6-13(15)7-5-11/h4-7,12H,3,8-10H2,1-2H3,(H,17,18). The quantitative estimate of drug-likeness (QED) is 0.811. The summed E-state index contributed by atoms with van der Waals surface area (Å²) in [6.07, 6.45) is 1.43. The smallest absolute Gasteiger partial charge is 0.307 e. The van der Waals surface area contributed by atoms with Crippen LogP contribution in [0.3, 0.4) is 0 Å². The lowest BCUT2D eigenvalue weighted by Crippen LogP contribution is -2.31. The number of hydrogen-bond donors (Lipinski definition) is 1. The van der Waals surface area contributed by atoms with Crippen LogP contribution in [-0.2, 0) is 11.2 Å². The molecule has 0 aliphatic carbocycles. The number of aliphatic carboxylic acids is 1. The number of rotatable bonds is 7. The first-order chi connectivity index (χ1) is 8.52. The predicted octanol–water partition coefficient (Wildman–Crippen LogP) is 2.41. The summed E-state index contributed by atoms with van der Waals surface area (Å²) in [5.41, 5.74) is 1.06. The number of carboxylic acid groups (broad SMARTS) is 1. The Hall–Kier alpha value is -1.42. The first-order valence-electron chi connectivity index (χ1n) is 6.18. The summed E-state index contributed by atoms with van der Waals surface area (Å²) < 4.78 is 12.7. The zero-order valence-electron chi connectivity index (χ0n) is 10.9. The van der Waals surface area contributed by atoms with Gasteiger partial charge in [-0.1, -0.05) is 19.1 Å². The molecule has 0 saturated heterocycles. The Kier molecular flexibility index (Phi) is 5.78. The molecule has 0 radical (unpaired) electrons. The van der Waals surface area contributed by atoms with Crippen LogP contribution >= 0.6 is 0 Å². The molecule has 18 heavy (non-hydrogen) atoms. The highest BCUT2D eigenvalue weighted by molar-refractivity contribution is 5.70. The predicted molar refractivity (Wildman–Crippen MR) is 69.0 cm³/mol. The minimum Gasteiger partial charge on any atom is -0.481 e. The SMILES string of the molecule is CCC(CN(C)CCc1ccc(F)cc1)C(=O)O. The Bertz CT molecular complexity index is 378. The van der Waals surface area contributed by atoms with E-state index in [1.807, 2.05) is 18.9 Å². The fourth-order valence-electron chi connectivity index (χ4n) is 1.82. The lowest BCUT2D eigenvalue weighted by molar-refractivity contribution is -0.142. The van der Waals surface area contributed by atoms with E-state index in [4.69, 9.17) is 5.11 Å². The van der Waals surface area contributed by atoms with Gasteiger partial charge in [-0.05, 0) is 37.6 Å². The van der Waals surface area contributed by atoms with Crippen LogP contribution in [0.1, 0.15) is 18.9 Å². The molecule has 0 fully saturated rings. The van der Waals surface area contributed by atoms with Crippen molar-refractivity contribution in [3.8, 4) is 0 Å². The molecule has 100 valence electrons. The molecule has 1 N–H and O–H groups in total. The Morgan fingerprint density at radius 2 is 2.00 bits per heavy atom. The second kappa shape index (κ2) is 7.11. The van der Waals surface area contributed by atoms with E-state index >= 15 is 0 Å². The summed E-state index contributed by atoms with van der Waals surface area (Å²) in [5, 5.41) is 8.97. The molecule has 3 nitrogen and oxygen atoms in total. The normalized spacial score (nSPS) is 12.7. The molecular formula is C14H20FNO2. The van der Waals surface area contributed by atoms with Gasteiger partial charge in [-0.25, -0.2) is 4.39 Å². The van der Waals surface area contributed by atoms with Crippen LogP contribution in [0, 0.1) is 11.7 Å². The van der Waals surface area contributed by atoms with Crippen molar-refractivity contribution in [1.82, 2.24) is 4.90 Å². The Morgan fingerprint density at radius 3 is 2.50 bits per heavy atom. The maximum atomic E-state index is 12.7. The van der Waals surface area contributed by atoms with E-state index in [0.717, 1.165) is 18.5 Å². The molecule has 0 aliphatic rings. The van der Waals surface area contributed by atoms with Gasteiger partial charge in [0, 0.05) is 13.1 Å². The third-order valence-electron chi connectivity index (χ3n) is 3.07. The third-order valence-corrected chi connectivity index (χ3v) is 3.07. The van der Waals surface area contributed by atoms with Gasteiger partial charge in [-0.15, -0.1) is 0 Å². The monoisotopic (exact) mass is 253 g/mol. The molecule has 1 unspecified atom stereocenters. The molecule has 1 aromatic rings. The number of hydrogen-bond acceptors (Lipinski definition) is 2. The second-order valence-electron chi connectivity index (χ2n) is 4.58. The van der Waals surface area contributed by atoms with Gasteiger partial charge < -0.3 is 10.0 Å². The number of carbonyl (C=O) groups is 1. The van der Waals surface area contributed by atoms with Gasteiger partial charge in [0.2, 0.25) is 0 Å². The summed E-state index contributed by atoms with van der Waals surface area (Å²) in [6.45, 7) is 3.20. The molecule has 0 amide bonds. The van der Waals surface area contributed by atoms with Crippen molar-refractivity contribution in [1.29, 1.82) is 0 Å². The van der Waals surface area contributed by atoms with Crippen LogP contribution in [0.4, 0.5) is 4.39 Å². The Morgan fingerprint density at radius 1 is 1.39 bits per heavy atom. The molecule has 0 aromatic heterocycles. The van der Waals surface area contributed by atoms with E-state index in [9.17, 15) is 9.18 Å². The van der Waals surface area contributed by atoms with E-state index < -0.39 is 5.97 Å². The summed E-state index contributed by atoms with van der Waals surface area (Å²) in [4.78, 5) is 12.9. The first kappa shape index (κ1) is 14.6. The molecular weight excluding hydrogens is 233 g/mol. The fraction of sp³-hybridized carbons (Fsp3) is 0.500. The van der Waals surface area contributed by atoms with E-state index in [0.29, 0.717) is 13.0 Å². The summed E-state index contributed by atoms with van der Waals surface area (Å²) in [5.74, 6) is -1.29. The molecule has 1 rings (SSSR count). The topological polar surface area (TPSA) is 40.5 Å². The minimum atomic E-state index is -0.744. The summed E-state index contributed by atoms with van der Waals surface area (Å²) in [7, 11) is 1.91. The van der Waals surface area contributed by atoms with Gasteiger partial charge in [0.05, 0.1) is 5.92 Å². The van der Waals surface area contributed by atoms with E-state index in [1.54, 1.807) is 12.1 Å². The van der Waals surface area contributed by atoms with E-state index in [1.165, 1.54) is 12.1 Å². The number of nitrogens with zero attached hydrogens (tertiary/aromatic N) is 1. The maximum Gasteiger partial charge on any atom is 0.307 e. The van der Waals surface area contributed by atoms with Gasteiger partial charge >= 0.3 is 5.97 Å². The van der Waals surface area contributed by atoms with Crippen molar-refractivity contribution in [2.45, 2.75) is 19.8 Å². The van der Waals surface area contributed by atoms with Crippen LogP contribution in [0.15, 0.2) is 24.3 Å². The van der Waals surface area contributed by atoms with Crippen LogP contribution in [0.2, 0.25) is 0 Å². The molecule has 1 atom stereocenters. The minimum absolute atomic E-state index is 0.232. The lowest BCUT2D eigenvalue weighted by Gasteiger charge is -2.20. The number of halogens is 1. The molecule has 0 aliphatic heterocycles. The molecule has 0 heterocycles. The first-order valence-corrected chi connectivity index (χ1v) is 6.18. The molecule has 4 heteroatoms. The van der Waals surface area contributed by atoms with Crippen LogP contribution in [-0.4, -0.2) is 36.1 Å². The summed E-state index contributed by atoms with van der Waals surface area (Å²) >= 11 is 0. The van der Waals surface area contributed by atoms with Gasteiger partial charge in [0.1, 0.15) is 5.82 Å². The lowest BCUT2D eigenvalue weighted by atomic mass is 10.1. The maximum absolute atomic E-state index is 12.7. The third kappa shape index (κ3) is 4.84. The van der Waals surface area contributed by atoms with Crippen molar-refractivity contribution >= 4 is 5.97 Å². The van der Waals surface area contributed by atoms with Crippen molar-refractivity contribution in [2.75, 3.05) is 20.1 Å². The number of likely N-dealkylation sites (N-methyl/N-ethyl adjacent to an activating group) is 1. The van der Waals surface area contributed by atoms with Gasteiger partial charge in [-0.3, -0.25) is 4.79 Å². The molecule has 0 spiro atoms. The Labute approximate surface area is 107 Å². The molecule has 1 aromatic carbocycles. The van der Waals surface area contributed by atoms with Crippen molar-refractivity contribution in [2.24, 2.45) is 5.92 Å². The van der Waals surface area contributed by atoms with Crippen LogP contribution in [0.5, 0.6) is 0 Å². The largest absolute Gasteiger partial charge is 0.481 e. The van der Waals surface area contributed by atoms with Gasteiger partial charge in [0.15, 0.2) is 0 Å². The summed E-state index contributed by atoms with van der Waals surface area (Å²) in [6, 6.07) is 6.41. The zero-order chi connectivity index (χ0) is 13.5. The van der Waals surface area contributed by atoms with Crippen LogP contribution < -0.4 is 0 Å². The molecule has 0 bridgehead atoms. The van der Waals surface area contributed by atoms with Gasteiger partial charge in [0.25, 0.3) is 0 Å². The van der Waals surface area contributed by atoms with Crippen molar-refractivity contribution < 1.29 is 14.3 Å². The fourth-order valence-corrected chi connectivity index (χ4v) is 1.82. The van der Waals surface area contributed by atoms with Crippen LogP contribution in [0.25, 0.3) is 0 Å². The van der Waals surface area contributed by atoms with E-state index in [-0.39, 0.29) is 11.7 Å². The van der Waals surface area contributed by atoms with E-state index in [2.05, 4.69) is 0 Å². The average molecular weight is 253 g/mol. The van der Waals surface area contributed by atoms with Crippen molar-refractivity contribution in [3.05, 3.63) is 35.6 Å². The second-order valence-corrected chi connectivity index (χ2v) is 4.58. The zero-order valence-corrected chi connectivity index (χ0v) is 10.9. The highest BCUT2D eigenvalue weighted by Gasteiger charge is 2.16. The van der Waals surface area contributed by atoms with Gasteiger partial charge in [-0.2, -0.15) is 0 Å². The number of benzene rings is 1. The average Bonchev–Trinajstić information content (AvgIpc) is 2.35. The highest BCUT2D eigenvalue weighted by atomic mass is 19.1. The molecule has 0 saturated carbocycles. The van der Waals surface area contributed by atoms with Crippen molar-refractivity contribution in [3.63, 3.8) is 0 Å². The Balaban J connectivity index is 2.38. The number of carboxylic acids is 1. The highest BCUT2D eigenvalue weighted by Crippen LogP contribution is 2.07.